The number of benzene rings is 3. The zero-order valence-corrected chi connectivity index (χ0v) is 15.8. The highest BCUT2D eigenvalue weighted by atomic mass is 16.5. The molecule has 0 fully saturated rings. The Labute approximate surface area is 167 Å². The molecule has 0 aliphatic heterocycles. The third-order valence-electron chi connectivity index (χ3n) is 4.59. The van der Waals surface area contributed by atoms with Gasteiger partial charge in [0.15, 0.2) is 11.5 Å². The largest absolute Gasteiger partial charge is 0.489 e. The van der Waals surface area contributed by atoms with Crippen LogP contribution in [-0.2, 0) is 6.61 Å². The number of fused-ring (bicyclic) bond motifs is 1. The van der Waals surface area contributed by atoms with Gasteiger partial charge in [-0.25, -0.2) is 0 Å². The molecule has 0 spiro atoms. The first kappa shape index (κ1) is 18.5. The second-order valence-electron chi connectivity index (χ2n) is 6.56. The lowest BCUT2D eigenvalue weighted by atomic mass is 10.1. The van der Waals surface area contributed by atoms with E-state index in [-0.39, 0.29) is 18.2 Å². The molecule has 5 heteroatoms. The molecule has 0 saturated carbocycles. The van der Waals surface area contributed by atoms with Crippen molar-refractivity contribution in [2.45, 2.75) is 13.5 Å². The Kier molecular flexibility index (Phi) is 5.12. The van der Waals surface area contributed by atoms with Crippen molar-refractivity contribution < 1.29 is 18.7 Å². The van der Waals surface area contributed by atoms with Gasteiger partial charge in [-0.15, -0.1) is 0 Å². The van der Waals surface area contributed by atoms with Crippen LogP contribution in [0, 0.1) is 0 Å². The molecule has 0 saturated heterocycles. The first-order valence-corrected chi connectivity index (χ1v) is 9.23. The van der Waals surface area contributed by atoms with Gasteiger partial charge in [-0.3, -0.25) is 9.59 Å². The number of nitrogens with one attached hydrogen (secondary N) is 1. The molecule has 0 aliphatic carbocycles. The topological polar surface area (TPSA) is 68.5 Å². The number of hydrogen-bond acceptors (Lipinski definition) is 4. The second-order valence-corrected chi connectivity index (χ2v) is 6.56. The number of carbonyl (C=O) groups excluding carboxylic acids is 2. The zero-order valence-electron chi connectivity index (χ0n) is 15.8. The number of furan rings is 1. The Hall–Kier alpha value is -3.86. The van der Waals surface area contributed by atoms with Crippen LogP contribution in [0.2, 0.25) is 0 Å². The van der Waals surface area contributed by atoms with Crippen molar-refractivity contribution in [1.29, 1.82) is 0 Å². The summed E-state index contributed by atoms with van der Waals surface area (Å²) in [4.78, 5) is 24.9. The molecule has 1 N–H and O–H groups in total. The first-order chi connectivity index (χ1) is 14.1. The van der Waals surface area contributed by atoms with E-state index in [1.807, 2.05) is 54.6 Å². The molecule has 4 rings (SSSR count). The summed E-state index contributed by atoms with van der Waals surface area (Å²) in [5.74, 6) is 0.311. The maximum atomic E-state index is 13.0. The summed E-state index contributed by atoms with van der Waals surface area (Å²) in [6.07, 6.45) is 0. The van der Waals surface area contributed by atoms with Crippen LogP contribution in [-0.4, -0.2) is 11.7 Å². The minimum absolute atomic E-state index is 0.127. The quantitative estimate of drug-likeness (QED) is 0.447. The second kappa shape index (κ2) is 8.02. The van der Waals surface area contributed by atoms with E-state index in [9.17, 15) is 9.59 Å². The van der Waals surface area contributed by atoms with Crippen LogP contribution in [0.5, 0.6) is 5.75 Å². The summed E-state index contributed by atoms with van der Waals surface area (Å²) >= 11 is 0. The van der Waals surface area contributed by atoms with Gasteiger partial charge in [0.1, 0.15) is 17.9 Å². The highest BCUT2D eigenvalue weighted by Crippen LogP contribution is 2.28. The molecule has 5 nitrogen and oxygen atoms in total. The Bertz CT molecular complexity index is 1180. The molecule has 1 aromatic heterocycles. The highest BCUT2D eigenvalue weighted by Gasteiger charge is 2.22. The molecule has 0 radical (unpaired) electrons. The minimum atomic E-state index is -0.429. The SMILES string of the molecule is CC(=O)c1ccccc1NC(=O)c1oc2ccccc2c1COc1ccccc1. The lowest BCUT2D eigenvalue weighted by Gasteiger charge is -2.10. The van der Waals surface area contributed by atoms with Crippen LogP contribution in [0.15, 0.2) is 83.3 Å². The normalized spacial score (nSPS) is 10.7. The Morgan fingerprint density at radius 1 is 0.897 bits per heavy atom. The Morgan fingerprint density at radius 3 is 2.38 bits per heavy atom. The summed E-state index contributed by atoms with van der Waals surface area (Å²) in [6.45, 7) is 1.64. The van der Waals surface area contributed by atoms with Gasteiger partial charge in [0.05, 0.1) is 5.69 Å². The molecule has 3 aromatic carbocycles. The fourth-order valence-electron chi connectivity index (χ4n) is 3.18. The lowest BCUT2D eigenvalue weighted by molar-refractivity contribution is 0.0995. The molecule has 1 heterocycles. The van der Waals surface area contributed by atoms with Crippen molar-refractivity contribution in [1.82, 2.24) is 0 Å². The standard InChI is InChI=1S/C24H19NO4/c1-16(26)18-11-5-7-13-21(18)25-24(27)23-20(15-28-17-9-3-2-4-10-17)19-12-6-8-14-22(19)29-23/h2-14H,15H2,1H3,(H,25,27). The molecular weight excluding hydrogens is 366 g/mol. The molecule has 1 amide bonds. The maximum absolute atomic E-state index is 13.0. The molecule has 29 heavy (non-hydrogen) atoms. The number of para-hydroxylation sites is 3. The molecule has 0 unspecified atom stereocenters. The van der Waals surface area contributed by atoms with E-state index in [4.69, 9.17) is 9.15 Å². The maximum Gasteiger partial charge on any atom is 0.291 e. The lowest BCUT2D eigenvalue weighted by Crippen LogP contribution is -2.15. The van der Waals surface area contributed by atoms with Gasteiger partial charge in [-0.1, -0.05) is 48.5 Å². The van der Waals surface area contributed by atoms with E-state index < -0.39 is 5.91 Å². The van der Waals surface area contributed by atoms with E-state index in [2.05, 4.69) is 5.32 Å². The van der Waals surface area contributed by atoms with Crippen LogP contribution < -0.4 is 10.1 Å². The number of Topliss-reactive ketones (excluding diaryl/α,β-unsaturated/α-hetero) is 1. The van der Waals surface area contributed by atoms with E-state index in [0.29, 0.717) is 28.1 Å². The predicted octanol–water partition coefficient (Wildman–Crippen LogP) is 5.47. The van der Waals surface area contributed by atoms with Crippen molar-refractivity contribution in [3.05, 3.63) is 95.7 Å². The average molecular weight is 385 g/mol. The van der Waals surface area contributed by atoms with Crippen molar-refractivity contribution in [2.75, 3.05) is 5.32 Å². The molecule has 0 bridgehead atoms. The van der Waals surface area contributed by atoms with Gasteiger partial charge in [0.25, 0.3) is 5.91 Å². The van der Waals surface area contributed by atoms with Gasteiger partial charge in [-0.05, 0) is 37.3 Å². The van der Waals surface area contributed by atoms with Crippen LogP contribution in [0.4, 0.5) is 5.69 Å². The molecule has 144 valence electrons. The molecule has 0 atom stereocenters. The monoisotopic (exact) mass is 385 g/mol. The Balaban J connectivity index is 1.68. The average Bonchev–Trinajstić information content (AvgIpc) is 3.12. The minimum Gasteiger partial charge on any atom is -0.489 e. The zero-order chi connectivity index (χ0) is 20.2. The van der Waals surface area contributed by atoms with E-state index in [1.165, 1.54) is 6.92 Å². The smallest absolute Gasteiger partial charge is 0.291 e. The van der Waals surface area contributed by atoms with E-state index >= 15 is 0 Å². The van der Waals surface area contributed by atoms with E-state index in [0.717, 1.165) is 5.39 Å². The summed E-state index contributed by atoms with van der Waals surface area (Å²) < 4.78 is 11.7. The fraction of sp³-hybridized carbons (Fsp3) is 0.0833. The number of rotatable bonds is 6. The van der Waals surface area contributed by atoms with Crippen molar-refractivity contribution in [3.63, 3.8) is 0 Å². The summed E-state index contributed by atoms with van der Waals surface area (Å²) in [7, 11) is 0. The van der Waals surface area contributed by atoms with E-state index in [1.54, 1.807) is 24.3 Å². The fourth-order valence-corrected chi connectivity index (χ4v) is 3.18. The number of anilines is 1. The Morgan fingerprint density at radius 2 is 1.59 bits per heavy atom. The summed E-state index contributed by atoms with van der Waals surface area (Å²) in [6, 6.07) is 23.7. The van der Waals surface area contributed by atoms with Gasteiger partial charge < -0.3 is 14.5 Å². The summed E-state index contributed by atoms with van der Waals surface area (Å²) in [5, 5.41) is 3.61. The van der Waals surface area contributed by atoms with Gasteiger partial charge in [0.2, 0.25) is 0 Å². The van der Waals surface area contributed by atoms with Crippen molar-refractivity contribution in [2.24, 2.45) is 0 Å². The highest BCUT2D eigenvalue weighted by molar-refractivity contribution is 6.10. The molecule has 4 aromatic rings. The number of ether oxygens (including phenoxy) is 1. The molecular formula is C24H19NO4. The number of ketones is 1. The number of carbonyl (C=O) groups is 2. The van der Waals surface area contributed by atoms with Crippen LogP contribution >= 0.6 is 0 Å². The number of hydrogen-bond donors (Lipinski definition) is 1. The van der Waals surface area contributed by atoms with Gasteiger partial charge in [-0.2, -0.15) is 0 Å². The predicted molar refractivity (Wildman–Crippen MR) is 111 cm³/mol. The van der Waals surface area contributed by atoms with Crippen molar-refractivity contribution >= 4 is 28.3 Å². The molecule has 0 aliphatic rings. The van der Waals surface area contributed by atoms with Crippen LogP contribution in [0.25, 0.3) is 11.0 Å². The van der Waals surface area contributed by atoms with Crippen molar-refractivity contribution in [3.8, 4) is 5.75 Å². The summed E-state index contributed by atoms with van der Waals surface area (Å²) in [5.41, 5.74) is 2.14. The third kappa shape index (κ3) is 3.89. The van der Waals surface area contributed by atoms with Gasteiger partial charge in [0, 0.05) is 16.5 Å². The van der Waals surface area contributed by atoms with Gasteiger partial charge >= 0.3 is 0 Å². The van der Waals surface area contributed by atoms with Crippen LogP contribution in [0.3, 0.4) is 0 Å². The first-order valence-electron chi connectivity index (χ1n) is 9.23. The number of amides is 1. The third-order valence-corrected chi connectivity index (χ3v) is 4.59. The van der Waals surface area contributed by atoms with Crippen LogP contribution in [0.1, 0.15) is 33.4 Å².